The fraction of sp³-hybridized carbons (Fsp3) is 0.235. The number of hydrogen-bond acceptors (Lipinski definition) is 6. The summed E-state index contributed by atoms with van der Waals surface area (Å²) in [6.07, 6.45) is 1.51. The Morgan fingerprint density at radius 1 is 1.23 bits per heavy atom. The topological polar surface area (TPSA) is 54.9 Å². The van der Waals surface area contributed by atoms with E-state index in [0.717, 1.165) is 20.8 Å². The molecule has 0 aliphatic rings. The van der Waals surface area contributed by atoms with Crippen LogP contribution >= 0.6 is 34.9 Å². The van der Waals surface area contributed by atoms with E-state index >= 15 is 0 Å². The lowest BCUT2D eigenvalue weighted by molar-refractivity contribution is -0.113. The Bertz CT molecular complexity index is 929. The lowest BCUT2D eigenvalue weighted by Gasteiger charge is -2.07. The van der Waals surface area contributed by atoms with Gasteiger partial charge in [-0.15, -0.1) is 11.3 Å². The lowest BCUT2D eigenvalue weighted by Crippen LogP contribution is -2.14. The predicted octanol–water partition coefficient (Wildman–Crippen LogP) is 5.35. The first-order valence-electron chi connectivity index (χ1n) is 7.62. The number of thiophene rings is 1. The number of alkyl halides is 2. The van der Waals surface area contributed by atoms with E-state index in [9.17, 15) is 13.6 Å². The normalized spacial score (nSPS) is 11.3. The third-order valence-corrected chi connectivity index (χ3v) is 6.46. The zero-order valence-electron chi connectivity index (χ0n) is 14.0. The van der Waals surface area contributed by atoms with Crippen molar-refractivity contribution in [1.29, 1.82) is 0 Å². The molecule has 0 spiro atoms. The summed E-state index contributed by atoms with van der Waals surface area (Å²) in [6.45, 7) is 4.07. The Balaban J connectivity index is 1.63. The van der Waals surface area contributed by atoms with Gasteiger partial charge in [-0.25, -0.2) is 9.97 Å². The van der Waals surface area contributed by atoms with Gasteiger partial charge in [-0.3, -0.25) is 4.79 Å². The van der Waals surface area contributed by atoms with E-state index in [0.29, 0.717) is 22.3 Å². The van der Waals surface area contributed by atoms with Crippen LogP contribution in [0.4, 0.5) is 14.5 Å². The highest BCUT2D eigenvalue weighted by Crippen LogP contribution is 2.34. The van der Waals surface area contributed by atoms with Gasteiger partial charge in [0.2, 0.25) is 5.91 Å². The molecule has 3 rings (SSSR count). The van der Waals surface area contributed by atoms with Crippen LogP contribution in [0.5, 0.6) is 0 Å². The quantitative estimate of drug-likeness (QED) is 0.437. The van der Waals surface area contributed by atoms with Gasteiger partial charge in [0, 0.05) is 20.8 Å². The maximum absolute atomic E-state index is 12.3. The second kappa shape index (κ2) is 8.32. The SMILES string of the molecule is Cc1sc2ncnc(SCC(=O)Nc3ccc(SC(F)F)cc3)c2c1C. The zero-order chi connectivity index (χ0) is 18.7. The molecule has 3 aromatic rings. The summed E-state index contributed by atoms with van der Waals surface area (Å²) in [5, 5.41) is 4.55. The summed E-state index contributed by atoms with van der Waals surface area (Å²) < 4.78 is 24.6. The second-order valence-electron chi connectivity index (χ2n) is 5.38. The van der Waals surface area contributed by atoms with Gasteiger partial charge in [0.15, 0.2) is 0 Å². The smallest absolute Gasteiger partial charge is 0.288 e. The monoisotopic (exact) mass is 411 g/mol. The molecule has 0 atom stereocenters. The van der Waals surface area contributed by atoms with Gasteiger partial charge < -0.3 is 5.32 Å². The number of amides is 1. The lowest BCUT2D eigenvalue weighted by atomic mass is 10.2. The summed E-state index contributed by atoms with van der Waals surface area (Å²) in [5.74, 6) is -2.44. The van der Waals surface area contributed by atoms with E-state index in [1.807, 2.05) is 13.8 Å². The van der Waals surface area contributed by atoms with Crippen LogP contribution in [-0.2, 0) is 4.79 Å². The van der Waals surface area contributed by atoms with E-state index in [1.54, 1.807) is 35.6 Å². The van der Waals surface area contributed by atoms with E-state index in [4.69, 9.17) is 0 Å². The average Bonchev–Trinajstić information content (AvgIpc) is 2.89. The zero-order valence-corrected chi connectivity index (χ0v) is 16.4. The summed E-state index contributed by atoms with van der Waals surface area (Å²) >= 11 is 3.45. The predicted molar refractivity (Wildman–Crippen MR) is 105 cm³/mol. The molecule has 0 aliphatic heterocycles. The van der Waals surface area contributed by atoms with Crippen molar-refractivity contribution in [2.24, 2.45) is 0 Å². The molecule has 136 valence electrons. The van der Waals surface area contributed by atoms with Crippen molar-refractivity contribution in [2.45, 2.75) is 29.5 Å². The Morgan fingerprint density at radius 3 is 2.65 bits per heavy atom. The molecule has 1 aromatic carbocycles. The Kier molecular flexibility index (Phi) is 6.10. The molecule has 2 aromatic heterocycles. The summed E-state index contributed by atoms with van der Waals surface area (Å²) in [4.78, 5) is 23.3. The van der Waals surface area contributed by atoms with E-state index in [2.05, 4.69) is 15.3 Å². The third-order valence-electron chi connectivity index (χ3n) is 3.63. The van der Waals surface area contributed by atoms with Crippen LogP contribution in [0.2, 0.25) is 0 Å². The molecule has 1 N–H and O–H groups in total. The largest absolute Gasteiger partial charge is 0.325 e. The summed E-state index contributed by atoms with van der Waals surface area (Å²) in [5.41, 5.74) is 1.71. The molecule has 9 heteroatoms. The number of benzene rings is 1. The van der Waals surface area contributed by atoms with Crippen LogP contribution in [0.25, 0.3) is 10.2 Å². The first kappa shape index (κ1) is 19.1. The fourth-order valence-corrected chi connectivity index (χ4v) is 4.73. The Hall–Kier alpha value is -1.71. The molecule has 0 bridgehead atoms. The number of carbonyl (C=O) groups is 1. The molecule has 1 amide bonds. The number of nitrogens with zero attached hydrogens (tertiary/aromatic N) is 2. The van der Waals surface area contributed by atoms with Gasteiger partial charge in [-0.05, 0) is 43.7 Å². The van der Waals surface area contributed by atoms with Crippen LogP contribution in [0, 0.1) is 13.8 Å². The van der Waals surface area contributed by atoms with Gasteiger partial charge in [-0.2, -0.15) is 8.78 Å². The number of nitrogens with one attached hydrogen (secondary N) is 1. The number of hydrogen-bond donors (Lipinski definition) is 1. The molecule has 4 nitrogen and oxygen atoms in total. The maximum atomic E-state index is 12.3. The molecule has 26 heavy (non-hydrogen) atoms. The standard InChI is InChI=1S/C17H15F2N3OS3/c1-9-10(2)25-16-14(9)15(20-8-21-16)24-7-13(23)22-11-3-5-12(6-4-11)26-17(18)19/h3-6,8,17H,7H2,1-2H3,(H,22,23). The molecule has 0 aliphatic carbocycles. The Labute approximate surface area is 161 Å². The molecular weight excluding hydrogens is 396 g/mol. The maximum Gasteiger partial charge on any atom is 0.288 e. The van der Waals surface area contributed by atoms with Crippen molar-refractivity contribution in [3.8, 4) is 0 Å². The van der Waals surface area contributed by atoms with E-state index < -0.39 is 5.76 Å². The third kappa shape index (κ3) is 4.52. The van der Waals surface area contributed by atoms with Crippen molar-refractivity contribution >= 4 is 56.7 Å². The minimum Gasteiger partial charge on any atom is -0.325 e. The van der Waals surface area contributed by atoms with Crippen molar-refractivity contribution in [3.05, 3.63) is 41.0 Å². The minimum atomic E-state index is -2.46. The first-order chi connectivity index (χ1) is 12.4. The average molecular weight is 412 g/mol. The molecule has 0 saturated heterocycles. The number of aryl methyl sites for hydroxylation is 2. The van der Waals surface area contributed by atoms with Crippen LogP contribution in [0.15, 0.2) is 40.5 Å². The minimum absolute atomic E-state index is 0.180. The molecule has 0 saturated carbocycles. The number of anilines is 1. The number of carbonyl (C=O) groups excluding carboxylic acids is 1. The molecule has 0 fully saturated rings. The number of aromatic nitrogens is 2. The number of fused-ring (bicyclic) bond motifs is 1. The van der Waals surface area contributed by atoms with Gasteiger partial charge in [0.05, 0.1) is 5.75 Å². The number of thioether (sulfide) groups is 2. The second-order valence-corrected chi connectivity index (χ2v) is 8.61. The van der Waals surface area contributed by atoms with E-state index in [-0.39, 0.29) is 11.7 Å². The summed E-state index contributed by atoms with van der Waals surface area (Å²) in [7, 11) is 0. The highest BCUT2D eigenvalue weighted by atomic mass is 32.2. The molecular formula is C17H15F2N3OS3. The molecule has 0 unspecified atom stereocenters. The number of rotatable bonds is 6. The first-order valence-corrected chi connectivity index (χ1v) is 10.3. The van der Waals surface area contributed by atoms with Gasteiger partial charge in [-0.1, -0.05) is 23.5 Å². The summed E-state index contributed by atoms with van der Waals surface area (Å²) in [6, 6.07) is 6.35. The van der Waals surface area contributed by atoms with Crippen molar-refractivity contribution in [3.63, 3.8) is 0 Å². The van der Waals surface area contributed by atoms with Gasteiger partial charge in [0.1, 0.15) is 16.2 Å². The van der Waals surface area contributed by atoms with Crippen molar-refractivity contribution in [2.75, 3.05) is 11.1 Å². The van der Waals surface area contributed by atoms with Crippen LogP contribution in [-0.4, -0.2) is 27.4 Å². The van der Waals surface area contributed by atoms with Crippen molar-refractivity contribution in [1.82, 2.24) is 9.97 Å². The fourth-order valence-electron chi connectivity index (χ4n) is 2.31. The Morgan fingerprint density at radius 2 is 1.96 bits per heavy atom. The number of halogens is 2. The van der Waals surface area contributed by atoms with Crippen LogP contribution in [0.3, 0.4) is 0 Å². The molecule has 2 heterocycles. The van der Waals surface area contributed by atoms with E-state index in [1.165, 1.54) is 23.0 Å². The van der Waals surface area contributed by atoms with Crippen LogP contribution in [0.1, 0.15) is 10.4 Å². The van der Waals surface area contributed by atoms with Gasteiger partial charge >= 0.3 is 0 Å². The highest BCUT2D eigenvalue weighted by molar-refractivity contribution is 8.00. The van der Waals surface area contributed by atoms with Crippen molar-refractivity contribution < 1.29 is 13.6 Å². The molecule has 0 radical (unpaired) electrons. The van der Waals surface area contributed by atoms with Gasteiger partial charge in [0.25, 0.3) is 5.76 Å². The van der Waals surface area contributed by atoms with Crippen LogP contribution < -0.4 is 5.32 Å². The highest BCUT2D eigenvalue weighted by Gasteiger charge is 2.14.